The molecule has 0 aliphatic rings. The maximum atomic E-state index is 13.1. The molecule has 0 aromatic carbocycles. The van der Waals surface area contributed by atoms with Crippen molar-refractivity contribution in [3.05, 3.63) is 48.6 Å². The van der Waals surface area contributed by atoms with Gasteiger partial charge in [-0.1, -0.05) is 223 Å². The highest BCUT2D eigenvalue weighted by atomic mass is 16.5. The third-order valence-electron chi connectivity index (χ3n) is 10.9. The minimum atomic E-state index is -0.807. The first-order chi connectivity index (χ1) is 28.0. The zero-order valence-corrected chi connectivity index (χ0v) is 37.7. The van der Waals surface area contributed by atoms with E-state index in [0.29, 0.717) is 19.3 Å². The Balaban J connectivity index is 4.72. The molecule has 3 atom stereocenters. The summed E-state index contributed by atoms with van der Waals surface area (Å²) in [6.07, 6.45) is 53.3. The molecule has 0 bridgehead atoms. The third-order valence-corrected chi connectivity index (χ3v) is 10.9. The van der Waals surface area contributed by atoms with Gasteiger partial charge < -0.3 is 20.3 Å². The van der Waals surface area contributed by atoms with Crippen molar-refractivity contribution in [2.75, 3.05) is 6.61 Å². The molecule has 332 valence electrons. The zero-order valence-electron chi connectivity index (χ0n) is 37.7. The molecule has 6 heteroatoms. The summed E-state index contributed by atoms with van der Waals surface area (Å²) in [4.78, 5) is 26.0. The minimum absolute atomic E-state index is 0.00373. The van der Waals surface area contributed by atoms with Crippen LogP contribution in [0.5, 0.6) is 0 Å². The quantitative estimate of drug-likeness (QED) is 0.0324. The minimum Gasteiger partial charge on any atom is -0.461 e. The van der Waals surface area contributed by atoms with Crippen molar-refractivity contribution < 1.29 is 24.5 Å². The number of hydrogen-bond acceptors (Lipinski definition) is 5. The summed E-state index contributed by atoms with van der Waals surface area (Å²) in [6.45, 7) is 6.40. The number of allylic oxidation sites excluding steroid dienone is 7. The first-order valence-corrected chi connectivity index (χ1v) is 24.4. The molecule has 0 saturated carbocycles. The summed E-state index contributed by atoms with van der Waals surface area (Å²) < 4.78 is 5.85. The van der Waals surface area contributed by atoms with Crippen LogP contribution in [0.4, 0.5) is 0 Å². The maximum Gasteiger partial charge on any atom is 0.306 e. The van der Waals surface area contributed by atoms with Crippen molar-refractivity contribution >= 4 is 11.9 Å². The van der Waals surface area contributed by atoms with Crippen molar-refractivity contribution in [1.82, 2.24) is 5.32 Å². The summed E-state index contributed by atoms with van der Waals surface area (Å²) in [5.41, 5.74) is 0. The molecule has 3 unspecified atom stereocenters. The van der Waals surface area contributed by atoms with E-state index < -0.39 is 18.2 Å². The van der Waals surface area contributed by atoms with Crippen LogP contribution in [0, 0.1) is 0 Å². The summed E-state index contributed by atoms with van der Waals surface area (Å²) in [6, 6.07) is -0.727. The zero-order chi connectivity index (χ0) is 41.7. The average molecular weight is 800 g/mol. The van der Waals surface area contributed by atoms with E-state index in [-0.39, 0.29) is 24.9 Å². The average Bonchev–Trinajstić information content (AvgIpc) is 3.20. The molecule has 0 saturated heterocycles. The molecular weight excluding hydrogens is 707 g/mol. The number of hydrogen-bond donors (Lipinski definition) is 3. The smallest absolute Gasteiger partial charge is 0.306 e. The normalized spacial score (nSPS) is 13.7. The third kappa shape index (κ3) is 40.4. The van der Waals surface area contributed by atoms with Crippen LogP contribution in [0.15, 0.2) is 48.6 Å². The van der Waals surface area contributed by atoms with E-state index in [1.54, 1.807) is 0 Å². The van der Waals surface area contributed by atoms with Crippen LogP contribution in [-0.4, -0.2) is 46.9 Å². The van der Waals surface area contributed by atoms with Crippen LogP contribution in [0.2, 0.25) is 0 Å². The molecule has 0 radical (unpaired) electrons. The first kappa shape index (κ1) is 54.8. The van der Waals surface area contributed by atoms with Gasteiger partial charge in [0.25, 0.3) is 0 Å². The fraction of sp³-hybridized carbons (Fsp3) is 0.804. The number of nitrogens with one attached hydrogen (secondary N) is 1. The van der Waals surface area contributed by atoms with Crippen LogP contribution in [0.25, 0.3) is 0 Å². The van der Waals surface area contributed by atoms with Gasteiger partial charge in [-0.25, -0.2) is 0 Å². The monoisotopic (exact) mass is 800 g/mol. The maximum absolute atomic E-state index is 13.1. The molecule has 0 fully saturated rings. The molecule has 0 spiro atoms. The molecule has 57 heavy (non-hydrogen) atoms. The highest BCUT2D eigenvalue weighted by Crippen LogP contribution is 2.16. The van der Waals surface area contributed by atoms with Crippen molar-refractivity contribution in [2.45, 2.75) is 257 Å². The van der Waals surface area contributed by atoms with Crippen molar-refractivity contribution in [3.8, 4) is 0 Å². The molecule has 6 nitrogen and oxygen atoms in total. The molecule has 0 aliphatic heterocycles. The SMILES string of the molecule is CCCCC/C=C\C/C=C\C/C=C\C/C=C\CC(CC(=O)NC(CO)C(O)CCCCCCCCCCC)OC(=O)CCCCCCCCCCCCCCCC. The summed E-state index contributed by atoms with van der Waals surface area (Å²) in [5, 5.41) is 23.6. The van der Waals surface area contributed by atoms with Crippen LogP contribution in [0.3, 0.4) is 0 Å². The van der Waals surface area contributed by atoms with Crippen LogP contribution >= 0.6 is 0 Å². The van der Waals surface area contributed by atoms with E-state index in [0.717, 1.165) is 57.8 Å². The predicted octanol–water partition coefficient (Wildman–Crippen LogP) is 14.3. The fourth-order valence-corrected chi connectivity index (χ4v) is 7.17. The van der Waals surface area contributed by atoms with Gasteiger partial charge in [-0.3, -0.25) is 9.59 Å². The van der Waals surface area contributed by atoms with Gasteiger partial charge in [-0.05, 0) is 44.9 Å². The number of carbonyl (C=O) groups excluding carboxylic acids is 2. The molecule has 3 N–H and O–H groups in total. The standard InChI is InChI=1S/C51H93NO5/c1-4-7-10-13-16-19-21-23-25-26-28-31-33-36-39-42-47(57-51(56)44-41-38-35-32-29-27-24-22-20-17-14-11-8-5-2)45-50(55)52-48(46-53)49(54)43-40-37-34-30-18-15-12-9-6-3/h16,19,23,25,28,31,36,39,47-49,53-54H,4-15,17-18,20-22,24,26-27,29-30,32-35,37-38,40-46H2,1-3H3,(H,52,55)/b19-16-,25-23-,31-28-,39-36-. The Kier molecular flexibility index (Phi) is 43.2. The molecule has 0 aromatic heterocycles. The Morgan fingerprint density at radius 3 is 1.40 bits per heavy atom. The lowest BCUT2D eigenvalue weighted by molar-refractivity contribution is -0.150. The second kappa shape index (κ2) is 44.9. The van der Waals surface area contributed by atoms with E-state index in [1.165, 1.54) is 135 Å². The van der Waals surface area contributed by atoms with Gasteiger partial charge in [-0.2, -0.15) is 0 Å². The van der Waals surface area contributed by atoms with Crippen molar-refractivity contribution in [2.24, 2.45) is 0 Å². The molecular formula is C51H93NO5. The Bertz CT molecular complexity index is 988. The first-order valence-electron chi connectivity index (χ1n) is 24.4. The fourth-order valence-electron chi connectivity index (χ4n) is 7.17. The number of ether oxygens (including phenoxy) is 1. The van der Waals surface area contributed by atoms with Gasteiger partial charge in [-0.15, -0.1) is 0 Å². The van der Waals surface area contributed by atoms with Gasteiger partial charge in [0.2, 0.25) is 5.91 Å². The summed E-state index contributed by atoms with van der Waals surface area (Å²) in [5.74, 6) is -0.572. The molecule has 0 rings (SSSR count). The summed E-state index contributed by atoms with van der Waals surface area (Å²) in [7, 11) is 0. The largest absolute Gasteiger partial charge is 0.461 e. The van der Waals surface area contributed by atoms with Gasteiger partial charge in [0.05, 0.1) is 25.2 Å². The van der Waals surface area contributed by atoms with Crippen LogP contribution in [0.1, 0.15) is 239 Å². The Hall–Kier alpha value is -2.18. The van der Waals surface area contributed by atoms with Gasteiger partial charge in [0.1, 0.15) is 6.10 Å². The number of esters is 1. The second-order valence-corrected chi connectivity index (χ2v) is 16.5. The number of aliphatic hydroxyl groups excluding tert-OH is 2. The van der Waals surface area contributed by atoms with Gasteiger partial charge in [0, 0.05) is 12.8 Å². The second-order valence-electron chi connectivity index (χ2n) is 16.5. The van der Waals surface area contributed by atoms with Crippen LogP contribution in [-0.2, 0) is 14.3 Å². The number of carbonyl (C=O) groups is 2. The van der Waals surface area contributed by atoms with Gasteiger partial charge >= 0.3 is 5.97 Å². The summed E-state index contributed by atoms with van der Waals surface area (Å²) >= 11 is 0. The van der Waals surface area contributed by atoms with Crippen molar-refractivity contribution in [3.63, 3.8) is 0 Å². The van der Waals surface area contributed by atoms with Gasteiger partial charge in [0.15, 0.2) is 0 Å². The van der Waals surface area contributed by atoms with Crippen LogP contribution < -0.4 is 5.32 Å². The number of amides is 1. The lowest BCUT2D eigenvalue weighted by atomic mass is 10.0. The van der Waals surface area contributed by atoms with E-state index in [4.69, 9.17) is 4.74 Å². The Morgan fingerprint density at radius 1 is 0.526 bits per heavy atom. The van der Waals surface area contributed by atoms with E-state index in [2.05, 4.69) is 68.6 Å². The molecule has 0 aliphatic carbocycles. The van der Waals surface area contributed by atoms with Crippen molar-refractivity contribution in [1.29, 1.82) is 0 Å². The molecule has 0 aromatic rings. The number of rotatable bonds is 43. The Morgan fingerprint density at radius 2 is 0.930 bits per heavy atom. The highest BCUT2D eigenvalue weighted by molar-refractivity contribution is 5.77. The highest BCUT2D eigenvalue weighted by Gasteiger charge is 2.23. The van der Waals surface area contributed by atoms with E-state index in [1.807, 2.05) is 6.08 Å². The predicted molar refractivity (Wildman–Crippen MR) is 245 cm³/mol. The molecule has 1 amide bonds. The number of aliphatic hydroxyl groups is 2. The van der Waals surface area contributed by atoms with E-state index >= 15 is 0 Å². The molecule has 0 heterocycles. The lowest BCUT2D eigenvalue weighted by Crippen LogP contribution is -2.46. The van der Waals surface area contributed by atoms with E-state index in [9.17, 15) is 19.8 Å². The lowest BCUT2D eigenvalue weighted by Gasteiger charge is -2.24. The topological polar surface area (TPSA) is 95.9 Å². The number of unbranched alkanes of at least 4 members (excludes halogenated alkanes) is 24. The Labute approximate surface area is 353 Å².